The van der Waals surface area contributed by atoms with Crippen LogP contribution >= 0.6 is 12.2 Å². The van der Waals surface area contributed by atoms with Gasteiger partial charge >= 0.3 is 0 Å². The fourth-order valence-corrected chi connectivity index (χ4v) is 4.07. The molecule has 0 atom stereocenters. The van der Waals surface area contributed by atoms with Gasteiger partial charge in [0.25, 0.3) is 5.69 Å². The molecule has 3 aromatic rings. The monoisotopic (exact) mass is 447 g/mol. The first-order valence-electron chi connectivity index (χ1n) is 10.6. The number of ether oxygens (including phenoxy) is 1. The van der Waals surface area contributed by atoms with E-state index in [-0.39, 0.29) is 12.3 Å². The fourth-order valence-electron chi connectivity index (χ4n) is 3.75. The van der Waals surface area contributed by atoms with Gasteiger partial charge in [-0.05, 0) is 35.4 Å². The van der Waals surface area contributed by atoms with Crippen molar-refractivity contribution in [2.24, 2.45) is 0 Å². The van der Waals surface area contributed by atoms with Crippen molar-refractivity contribution in [3.63, 3.8) is 0 Å². The number of non-ortho nitro benzene ring substituents is 1. The molecule has 0 aromatic heterocycles. The van der Waals surface area contributed by atoms with Gasteiger partial charge in [0.05, 0.1) is 4.92 Å². The lowest BCUT2D eigenvalue weighted by molar-refractivity contribution is -0.384. The van der Waals surface area contributed by atoms with E-state index in [1.54, 1.807) is 6.07 Å². The molecule has 0 bridgehead atoms. The largest absolute Gasteiger partial charge is 0.489 e. The number of nitrogens with zero attached hydrogens (tertiary/aromatic N) is 3. The number of hydrogen-bond donors (Lipinski definition) is 0. The summed E-state index contributed by atoms with van der Waals surface area (Å²) in [7, 11) is 0. The number of nitro benzene ring substituents is 1. The highest BCUT2D eigenvalue weighted by molar-refractivity contribution is 7.80. The van der Waals surface area contributed by atoms with E-state index < -0.39 is 4.92 Å². The minimum absolute atomic E-state index is 0.0654. The Labute approximate surface area is 193 Å². The Bertz CT molecular complexity index is 1070. The van der Waals surface area contributed by atoms with Gasteiger partial charge in [0, 0.05) is 50.4 Å². The fraction of sp³-hybridized carbons (Fsp3) is 0.240. The highest BCUT2D eigenvalue weighted by Gasteiger charge is 2.19. The molecule has 1 heterocycles. The number of nitro groups is 1. The maximum Gasteiger partial charge on any atom is 0.269 e. The van der Waals surface area contributed by atoms with E-state index in [0.717, 1.165) is 48.8 Å². The number of benzene rings is 3. The molecule has 1 aliphatic heterocycles. The van der Waals surface area contributed by atoms with Crippen LogP contribution in [0.3, 0.4) is 0 Å². The second-order valence-corrected chi connectivity index (χ2v) is 8.18. The molecule has 4 rings (SSSR count). The van der Waals surface area contributed by atoms with Crippen molar-refractivity contribution in [2.75, 3.05) is 26.2 Å². The second-order valence-electron chi connectivity index (χ2n) is 7.79. The predicted octanol–water partition coefficient (Wildman–Crippen LogP) is 4.67. The van der Waals surface area contributed by atoms with Crippen molar-refractivity contribution in [3.05, 3.63) is 106 Å². The Kier molecular flexibility index (Phi) is 7.09. The summed E-state index contributed by atoms with van der Waals surface area (Å²) in [5, 5.41) is 10.9. The number of thiocarbonyl (C=S) groups is 1. The number of rotatable bonds is 7. The zero-order valence-corrected chi connectivity index (χ0v) is 18.5. The van der Waals surface area contributed by atoms with E-state index in [2.05, 4.69) is 34.1 Å². The van der Waals surface area contributed by atoms with Crippen molar-refractivity contribution in [1.82, 2.24) is 9.80 Å². The molecular weight excluding hydrogens is 422 g/mol. The average Bonchev–Trinajstić information content (AvgIpc) is 2.84. The van der Waals surface area contributed by atoms with Crippen molar-refractivity contribution in [3.8, 4) is 5.75 Å². The molecule has 1 aliphatic rings. The van der Waals surface area contributed by atoms with E-state index in [4.69, 9.17) is 17.0 Å². The van der Waals surface area contributed by atoms with Crippen LogP contribution in [0.15, 0.2) is 78.9 Å². The van der Waals surface area contributed by atoms with Crippen LogP contribution in [-0.4, -0.2) is 45.9 Å². The molecule has 1 fully saturated rings. The standard InChI is InChI=1S/C25H25N3O3S/c29-28(30)23-8-4-7-21(17-23)19-31-24-11-9-22(10-12-24)25(32)27-15-13-26(14-16-27)18-20-5-2-1-3-6-20/h1-12,17H,13-16,18-19H2. The zero-order valence-electron chi connectivity index (χ0n) is 17.7. The Morgan fingerprint density at radius 2 is 1.59 bits per heavy atom. The molecule has 0 amide bonds. The van der Waals surface area contributed by atoms with E-state index in [1.165, 1.54) is 17.7 Å². The lowest BCUT2D eigenvalue weighted by Gasteiger charge is -2.36. The van der Waals surface area contributed by atoms with E-state index in [9.17, 15) is 10.1 Å². The highest BCUT2D eigenvalue weighted by atomic mass is 32.1. The maximum absolute atomic E-state index is 10.9. The minimum atomic E-state index is -0.402. The van der Waals surface area contributed by atoms with Crippen molar-refractivity contribution >= 4 is 22.9 Å². The van der Waals surface area contributed by atoms with Crippen molar-refractivity contribution in [1.29, 1.82) is 0 Å². The van der Waals surface area contributed by atoms with Crippen molar-refractivity contribution in [2.45, 2.75) is 13.2 Å². The van der Waals surface area contributed by atoms with Crippen LogP contribution in [0.5, 0.6) is 5.75 Å². The van der Waals surface area contributed by atoms with Gasteiger partial charge in [-0.15, -0.1) is 0 Å². The van der Waals surface area contributed by atoms with Crippen molar-refractivity contribution < 1.29 is 9.66 Å². The smallest absolute Gasteiger partial charge is 0.269 e. The van der Waals surface area contributed by atoms with Gasteiger partial charge < -0.3 is 9.64 Å². The summed E-state index contributed by atoms with van der Waals surface area (Å²) in [6.07, 6.45) is 0. The van der Waals surface area contributed by atoms with Gasteiger partial charge in [-0.2, -0.15) is 0 Å². The number of hydrogen-bond acceptors (Lipinski definition) is 5. The Morgan fingerprint density at radius 1 is 0.906 bits per heavy atom. The summed E-state index contributed by atoms with van der Waals surface area (Å²) in [4.78, 5) is 16.1. The van der Waals surface area contributed by atoms with E-state index in [1.807, 2.05) is 36.4 Å². The average molecular weight is 448 g/mol. The van der Waals surface area contributed by atoms with Crippen LogP contribution in [0, 0.1) is 10.1 Å². The topological polar surface area (TPSA) is 58.9 Å². The van der Waals surface area contributed by atoms with Crippen LogP contribution in [0.25, 0.3) is 0 Å². The van der Waals surface area contributed by atoms with Gasteiger partial charge in [-0.1, -0.05) is 54.7 Å². The number of piperazine rings is 1. The molecule has 0 radical (unpaired) electrons. The first-order valence-corrected chi connectivity index (χ1v) is 11.0. The third kappa shape index (κ3) is 5.69. The zero-order chi connectivity index (χ0) is 22.3. The molecule has 3 aromatic carbocycles. The molecule has 1 saturated heterocycles. The second kappa shape index (κ2) is 10.3. The lowest BCUT2D eigenvalue weighted by atomic mass is 10.1. The van der Waals surface area contributed by atoms with E-state index in [0.29, 0.717) is 5.75 Å². The van der Waals surface area contributed by atoms with Crippen LogP contribution < -0.4 is 4.74 Å². The van der Waals surface area contributed by atoms with Gasteiger partial charge in [0.1, 0.15) is 17.3 Å². The molecule has 7 heteroatoms. The summed E-state index contributed by atoms with van der Waals surface area (Å²) in [5.41, 5.74) is 3.16. The van der Waals surface area contributed by atoms with Crippen LogP contribution in [-0.2, 0) is 13.2 Å². The molecule has 0 N–H and O–H groups in total. The van der Waals surface area contributed by atoms with E-state index >= 15 is 0 Å². The predicted molar refractivity (Wildman–Crippen MR) is 129 cm³/mol. The van der Waals surface area contributed by atoms with Crippen LogP contribution in [0.2, 0.25) is 0 Å². The van der Waals surface area contributed by atoms with Crippen LogP contribution in [0.1, 0.15) is 16.7 Å². The molecule has 32 heavy (non-hydrogen) atoms. The molecule has 0 saturated carbocycles. The molecular formula is C25H25N3O3S. The minimum Gasteiger partial charge on any atom is -0.489 e. The van der Waals surface area contributed by atoms with Crippen LogP contribution in [0.4, 0.5) is 5.69 Å². The quantitative estimate of drug-likeness (QED) is 0.298. The lowest BCUT2D eigenvalue weighted by Crippen LogP contribution is -2.47. The third-order valence-corrected chi connectivity index (χ3v) is 6.03. The summed E-state index contributed by atoms with van der Waals surface area (Å²) in [6, 6.07) is 24.8. The molecule has 6 nitrogen and oxygen atoms in total. The Balaban J connectivity index is 1.28. The van der Waals surface area contributed by atoms with Gasteiger partial charge in [-0.3, -0.25) is 15.0 Å². The summed E-state index contributed by atoms with van der Waals surface area (Å²) < 4.78 is 5.79. The summed E-state index contributed by atoms with van der Waals surface area (Å²) in [6.45, 7) is 5.04. The summed E-state index contributed by atoms with van der Waals surface area (Å²) >= 11 is 5.73. The SMILES string of the molecule is O=[N+]([O-])c1cccc(COc2ccc(C(=S)N3CCN(Cc4ccccc4)CC3)cc2)c1. The first-order chi connectivity index (χ1) is 15.6. The molecule has 0 aliphatic carbocycles. The van der Waals surface area contributed by atoms with Gasteiger partial charge in [0.15, 0.2) is 0 Å². The maximum atomic E-state index is 10.9. The molecule has 0 unspecified atom stereocenters. The Hall–Kier alpha value is -3.29. The molecule has 164 valence electrons. The molecule has 0 spiro atoms. The first kappa shape index (κ1) is 21.9. The third-order valence-electron chi connectivity index (χ3n) is 5.54. The Morgan fingerprint density at radius 3 is 2.28 bits per heavy atom. The highest BCUT2D eigenvalue weighted by Crippen LogP contribution is 2.19. The van der Waals surface area contributed by atoms with Gasteiger partial charge in [0.2, 0.25) is 0 Å². The van der Waals surface area contributed by atoms with Gasteiger partial charge in [-0.25, -0.2) is 0 Å². The normalized spacial score (nSPS) is 14.2. The summed E-state index contributed by atoms with van der Waals surface area (Å²) in [5.74, 6) is 0.704.